The van der Waals surface area contributed by atoms with Gasteiger partial charge in [-0.25, -0.2) is 4.98 Å². The van der Waals surface area contributed by atoms with Crippen molar-refractivity contribution < 1.29 is 5.11 Å². The van der Waals surface area contributed by atoms with Crippen molar-refractivity contribution in [3.63, 3.8) is 0 Å². The molecule has 26 heavy (non-hydrogen) atoms. The summed E-state index contributed by atoms with van der Waals surface area (Å²) < 4.78 is 1.12. The van der Waals surface area contributed by atoms with E-state index in [1.54, 1.807) is 17.4 Å². The van der Waals surface area contributed by atoms with Gasteiger partial charge < -0.3 is 5.11 Å². The van der Waals surface area contributed by atoms with E-state index in [1.165, 1.54) is 16.3 Å². The Labute approximate surface area is 155 Å². The predicted octanol–water partition coefficient (Wildman–Crippen LogP) is 6.49. The van der Waals surface area contributed by atoms with Crippen LogP contribution in [0, 0.1) is 0 Å². The van der Waals surface area contributed by atoms with E-state index in [2.05, 4.69) is 60.7 Å². The van der Waals surface area contributed by atoms with Gasteiger partial charge in [-0.3, -0.25) is 0 Å². The second-order valence-electron chi connectivity index (χ2n) is 6.22. The maximum absolute atomic E-state index is 10.2. The molecular weight excluding hydrogens is 338 g/mol. The van der Waals surface area contributed by atoms with Crippen LogP contribution in [0.1, 0.15) is 0 Å². The molecule has 0 fully saturated rings. The predicted molar refractivity (Wildman–Crippen MR) is 110 cm³/mol. The van der Waals surface area contributed by atoms with E-state index < -0.39 is 0 Å². The molecular formula is C23H15NOS. The normalized spacial score (nSPS) is 11.2. The Morgan fingerprint density at radius 2 is 1.35 bits per heavy atom. The molecule has 4 aromatic carbocycles. The first kappa shape index (κ1) is 15.1. The number of phenolic OH excluding ortho intramolecular Hbond substituents is 1. The number of aromatic nitrogens is 1. The smallest absolute Gasteiger partial charge is 0.128 e. The molecule has 1 heterocycles. The molecule has 0 radical (unpaired) electrons. The zero-order valence-corrected chi connectivity index (χ0v) is 14.7. The largest absolute Gasteiger partial charge is 0.507 e. The van der Waals surface area contributed by atoms with Crippen LogP contribution in [0.15, 0.2) is 84.9 Å². The van der Waals surface area contributed by atoms with E-state index in [0.29, 0.717) is 0 Å². The fraction of sp³-hybridized carbons (Fsp3) is 0. The van der Waals surface area contributed by atoms with Crippen molar-refractivity contribution in [3.8, 4) is 27.4 Å². The quantitative estimate of drug-likeness (QED) is 0.393. The Balaban J connectivity index is 1.78. The van der Waals surface area contributed by atoms with Gasteiger partial charge in [0.1, 0.15) is 10.8 Å². The SMILES string of the molecule is Oc1ccccc1-c1nc2c(-c3cccc4ccccc34)cccc2s1. The van der Waals surface area contributed by atoms with Crippen LogP contribution in [0.3, 0.4) is 0 Å². The molecule has 0 bridgehead atoms. The van der Waals surface area contributed by atoms with Crippen molar-refractivity contribution in [2.24, 2.45) is 0 Å². The van der Waals surface area contributed by atoms with Gasteiger partial charge in [-0.15, -0.1) is 11.3 Å². The summed E-state index contributed by atoms with van der Waals surface area (Å²) in [5.41, 5.74) is 4.06. The van der Waals surface area contributed by atoms with E-state index in [-0.39, 0.29) is 5.75 Å². The lowest BCUT2D eigenvalue weighted by molar-refractivity contribution is 0.477. The van der Waals surface area contributed by atoms with Crippen molar-refractivity contribution >= 4 is 32.3 Å². The number of aromatic hydroxyl groups is 1. The maximum atomic E-state index is 10.2. The number of benzene rings is 4. The number of para-hydroxylation sites is 2. The minimum absolute atomic E-state index is 0.262. The summed E-state index contributed by atoms with van der Waals surface area (Å²) in [5, 5.41) is 13.5. The summed E-state index contributed by atoms with van der Waals surface area (Å²) in [7, 11) is 0. The van der Waals surface area contributed by atoms with Crippen molar-refractivity contribution in [3.05, 3.63) is 84.9 Å². The Kier molecular flexibility index (Phi) is 3.47. The molecule has 0 aliphatic rings. The number of hydrogen-bond acceptors (Lipinski definition) is 3. The van der Waals surface area contributed by atoms with Crippen LogP contribution in [0.4, 0.5) is 0 Å². The summed E-state index contributed by atoms with van der Waals surface area (Å²) in [6.07, 6.45) is 0. The van der Waals surface area contributed by atoms with Gasteiger partial charge in [-0.05, 0) is 34.5 Å². The highest BCUT2D eigenvalue weighted by molar-refractivity contribution is 7.21. The van der Waals surface area contributed by atoms with Gasteiger partial charge in [0.05, 0.1) is 15.8 Å². The molecule has 1 aromatic heterocycles. The number of phenols is 1. The van der Waals surface area contributed by atoms with Crippen LogP contribution >= 0.6 is 11.3 Å². The van der Waals surface area contributed by atoms with Crippen molar-refractivity contribution in [2.75, 3.05) is 0 Å². The monoisotopic (exact) mass is 353 g/mol. The molecule has 5 aromatic rings. The lowest BCUT2D eigenvalue weighted by atomic mass is 9.97. The second kappa shape index (κ2) is 5.97. The average molecular weight is 353 g/mol. The first-order valence-corrected chi connectivity index (χ1v) is 9.29. The summed E-state index contributed by atoms with van der Waals surface area (Å²) in [6.45, 7) is 0. The fourth-order valence-electron chi connectivity index (χ4n) is 3.40. The third-order valence-electron chi connectivity index (χ3n) is 4.63. The lowest BCUT2D eigenvalue weighted by Gasteiger charge is -2.07. The minimum Gasteiger partial charge on any atom is -0.507 e. The topological polar surface area (TPSA) is 33.1 Å². The average Bonchev–Trinajstić information content (AvgIpc) is 3.12. The van der Waals surface area contributed by atoms with E-state index in [4.69, 9.17) is 4.98 Å². The first-order chi connectivity index (χ1) is 12.8. The maximum Gasteiger partial charge on any atom is 0.128 e. The van der Waals surface area contributed by atoms with Gasteiger partial charge in [0.2, 0.25) is 0 Å². The van der Waals surface area contributed by atoms with Gasteiger partial charge >= 0.3 is 0 Å². The van der Waals surface area contributed by atoms with Gasteiger partial charge in [-0.2, -0.15) is 0 Å². The molecule has 1 N–H and O–H groups in total. The van der Waals surface area contributed by atoms with Crippen LogP contribution < -0.4 is 0 Å². The molecule has 0 atom stereocenters. The van der Waals surface area contributed by atoms with Crippen LogP contribution in [-0.4, -0.2) is 10.1 Å². The molecule has 0 saturated carbocycles. The van der Waals surface area contributed by atoms with Gasteiger partial charge in [0.15, 0.2) is 0 Å². The van der Waals surface area contributed by atoms with Crippen molar-refractivity contribution in [1.29, 1.82) is 0 Å². The molecule has 0 saturated heterocycles. The molecule has 2 nitrogen and oxygen atoms in total. The second-order valence-corrected chi connectivity index (χ2v) is 7.25. The highest BCUT2D eigenvalue weighted by Gasteiger charge is 2.14. The van der Waals surface area contributed by atoms with Crippen molar-refractivity contribution in [2.45, 2.75) is 0 Å². The Morgan fingerprint density at radius 1 is 0.654 bits per heavy atom. The van der Waals surface area contributed by atoms with Gasteiger partial charge in [0, 0.05) is 5.56 Å². The molecule has 5 rings (SSSR count). The van der Waals surface area contributed by atoms with E-state index in [0.717, 1.165) is 26.4 Å². The van der Waals surface area contributed by atoms with Crippen LogP contribution in [0.5, 0.6) is 5.75 Å². The van der Waals surface area contributed by atoms with E-state index in [9.17, 15) is 5.11 Å². The summed E-state index contributed by atoms with van der Waals surface area (Å²) in [6, 6.07) is 28.4. The minimum atomic E-state index is 0.262. The third-order valence-corrected chi connectivity index (χ3v) is 5.69. The summed E-state index contributed by atoms with van der Waals surface area (Å²) >= 11 is 1.61. The molecule has 0 aliphatic carbocycles. The number of thiazole rings is 1. The Hall–Kier alpha value is -3.17. The fourth-order valence-corrected chi connectivity index (χ4v) is 4.42. The first-order valence-electron chi connectivity index (χ1n) is 8.47. The molecule has 0 spiro atoms. The molecule has 124 valence electrons. The number of nitrogens with zero attached hydrogens (tertiary/aromatic N) is 1. The molecule has 0 unspecified atom stereocenters. The lowest BCUT2D eigenvalue weighted by Crippen LogP contribution is -1.84. The zero-order valence-electron chi connectivity index (χ0n) is 13.9. The van der Waals surface area contributed by atoms with Gasteiger partial charge in [0.25, 0.3) is 0 Å². The molecule has 0 aliphatic heterocycles. The van der Waals surface area contributed by atoms with E-state index in [1.807, 2.05) is 18.2 Å². The number of rotatable bonds is 2. The Bertz CT molecular complexity index is 1250. The molecule has 0 amide bonds. The highest BCUT2D eigenvalue weighted by Crippen LogP contribution is 2.39. The standard InChI is InChI=1S/C23H15NOS/c25-20-13-4-3-10-19(20)23-24-22-18(12-6-14-21(22)26-23)17-11-5-8-15-7-1-2-9-16(15)17/h1-14,25H. The molecule has 3 heteroatoms. The van der Waals surface area contributed by atoms with Crippen LogP contribution in [0.2, 0.25) is 0 Å². The third kappa shape index (κ3) is 2.37. The van der Waals surface area contributed by atoms with E-state index >= 15 is 0 Å². The van der Waals surface area contributed by atoms with Gasteiger partial charge in [-0.1, -0.05) is 66.7 Å². The van der Waals surface area contributed by atoms with Crippen LogP contribution in [-0.2, 0) is 0 Å². The summed E-state index contributed by atoms with van der Waals surface area (Å²) in [4.78, 5) is 4.89. The number of hydrogen-bond donors (Lipinski definition) is 1. The number of fused-ring (bicyclic) bond motifs is 2. The van der Waals surface area contributed by atoms with Crippen LogP contribution in [0.25, 0.3) is 42.7 Å². The summed E-state index contributed by atoms with van der Waals surface area (Å²) in [5.74, 6) is 0.262. The zero-order chi connectivity index (χ0) is 17.5. The highest BCUT2D eigenvalue weighted by atomic mass is 32.1. The van der Waals surface area contributed by atoms with Crippen molar-refractivity contribution in [1.82, 2.24) is 4.98 Å². The Morgan fingerprint density at radius 3 is 2.27 bits per heavy atom.